The molecule has 0 aliphatic rings. The first kappa shape index (κ1) is 19.5. The van der Waals surface area contributed by atoms with Crippen molar-refractivity contribution in [2.45, 2.75) is 39.5 Å². The second-order valence-corrected chi connectivity index (χ2v) is 5.15. The van der Waals surface area contributed by atoms with Crippen molar-refractivity contribution in [1.29, 1.82) is 0 Å². The lowest BCUT2D eigenvalue weighted by molar-refractivity contribution is -0.111. The maximum atomic E-state index is 10.9. The summed E-state index contributed by atoms with van der Waals surface area (Å²) in [5.74, 6) is -0.0826. The van der Waals surface area contributed by atoms with E-state index >= 15 is 0 Å². The number of aromatic nitrogens is 1. The monoisotopic (exact) mass is 333 g/mol. The van der Waals surface area contributed by atoms with Gasteiger partial charge in [-0.2, -0.15) is 0 Å². The third kappa shape index (κ3) is 8.77. The molecule has 0 bridgehead atoms. The number of carbonyl (C=O) groups is 2. The Morgan fingerprint density at radius 2 is 1.75 bits per heavy atom. The molecule has 7 nitrogen and oxygen atoms in total. The third-order valence-corrected chi connectivity index (χ3v) is 3.10. The number of unbranched alkanes of at least 4 members (excludes halogenated alkanes) is 3. The zero-order valence-electron chi connectivity index (χ0n) is 14.1. The average molecular weight is 333 g/mol. The van der Waals surface area contributed by atoms with Crippen LogP contribution in [0, 0.1) is 0 Å². The van der Waals surface area contributed by atoms with Gasteiger partial charge >= 0.3 is 0 Å². The summed E-state index contributed by atoms with van der Waals surface area (Å²) in [7, 11) is 0. The van der Waals surface area contributed by atoms with Crippen molar-refractivity contribution in [3.63, 3.8) is 0 Å². The number of hydrogen-bond donors (Lipinski definition) is 0. The summed E-state index contributed by atoms with van der Waals surface area (Å²) < 4.78 is 0. The molecule has 0 aromatic carbocycles. The van der Waals surface area contributed by atoms with Gasteiger partial charge in [-0.1, -0.05) is 16.4 Å². The number of oxime groups is 2. The van der Waals surface area contributed by atoms with Gasteiger partial charge in [0.2, 0.25) is 0 Å². The standard InChI is InChI=1S/C17H23N3O4/c1-14(15(2)22)20-24-11-6-4-3-5-10-23-18-12-16-8-7-9-17(13-21)19-16/h7-9,12-13H,3-6,10-11H2,1-2H3/b18-12+,20-14+. The van der Waals surface area contributed by atoms with Crippen LogP contribution in [-0.2, 0) is 14.5 Å². The first-order valence-corrected chi connectivity index (χ1v) is 7.88. The molecule has 0 atom stereocenters. The van der Waals surface area contributed by atoms with Gasteiger partial charge in [0.05, 0.1) is 11.9 Å². The van der Waals surface area contributed by atoms with Crippen molar-refractivity contribution < 1.29 is 19.3 Å². The third-order valence-electron chi connectivity index (χ3n) is 3.10. The minimum Gasteiger partial charge on any atom is -0.396 e. The number of rotatable bonds is 12. The van der Waals surface area contributed by atoms with Crippen LogP contribution in [0.25, 0.3) is 0 Å². The Morgan fingerprint density at radius 1 is 1.08 bits per heavy atom. The Kier molecular flexibility index (Phi) is 9.68. The van der Waals surface area contributed by atoms with Crippen molar-refractivity contribution in [2.75, 3.05) is 13.2 Å². The normalized spacial score (nSPS) is 11.5. The summed E-state index contributed by atoms with van der Waals surface area (Å²) in [5, 5.41) is 7.54. The van der Waals surface area contributed by atoms with Crippen LogP contribution in [-0.4, -0.2) is 42.2 Å². The van der Waals surface area contributed by atoms with Gasteiger partial charge in [0.15, 0.2) is 12.1 Å². The highest BCUT2D eigenvalue weighted by Gasteiger charge is 1.98. The van der Waals surface area contributed by atoms with E-state index < -0.39 is 0 Å². The van der Waals surface area contributed by atoms with E-state index in [2.05, 4.69) is 15.3 Å². The van der Waals surface area contributed by atoms with Gasteiger partial charge in [0, 0.05) is 6.92 Å². The van der Waals surface area contributed by atoms with Crippen LogP contribution in [0.2, 0.25) is 0 Å². The van der Waals surface area contributed by atoms with Gasteiger partial charge < -0.3 is 9.68 Å². The highest BCUT2D eigenvalue weighted by molar-refractivity contribution is 6.37. The summed E-state index contributed by atoms with van der Waals surface area (Å²) >= 11 is 0. The Hall–Kier alpha value is -2.57. The molecule has 0 amide bonds. The quantitative estimate of drug-likeness (QED) is 0.254. The van der Waals surface area contributed by atoms with Crippen molar-refractivity contribution in [2.24, 2.45) is 10.3 Å². The van der Waals surface area contributed by atoms with Crippen LogP contribution in [0.4, 0.5) is 0 Å². The summed E-state index contributed by atoms with van der Waals surface area (Å²) in [6.45, 7) is 4.11. The Labute approximate surface area is 141 Å². The van der Waals surface area contributed by atoms with E-state index in [1.165, 1.54) is 13.1 Å². The predicted molar refractivity (Wildman–Crippen MR) is 91.4 cm³/mol. The molecule has 1 aromatic heterocycles. The fraction of sp³-hybridized carbons (Fsp3) is 0.471. The summed E-state index contributed by atoms with van der Waals surface area (Å²) in [6.07, 6.45) is 5.91. The second kappa shape index (κ2) is 11.9. The number of nitrogens with zero attached hydrogens (tertiary/aromatic N) is 3. The second-order valence-electron chi connectivity index (χ2n) is 5.15. The Morgan fingerprint density at radius 3 is 2.42 bits per heavy atom. The largest absolute Gasteiger partial charge is 0.396 e. The topological polar surface area (TPSA) is 90.2 Å². The van der Waals surface area contributed by atoms with E-state index in [4.69, 9.17) is 9.68 Å². The maximum Gasteiger partial charge on any atom is 0.177 e. The van der Waals surface area contributed by atoms with Gasteiger partial charge in [-0.15, -0.1) is 0 Å². The van der Waals surface area contributed by atoms with Crippen LogP contribution >= 0.6 is 0 Å². The van der Waals surface area contributed by atoms with E-state index in [0.717, 1.165) is 25.7 Å². The average Bonchev–Trinajstić information content (AvgIpc) is 2.59. The molecule has 130 valence electrons. The summed E-state index contributed by atoms with van der Waals surface area (Å²) in [4.78, 5) is 35.7. The first-order chi connectivity index (χ1) is 11.6. The molecular weight excluding hydrogens is 310 g/mol. The Bertz CT molecular complexity index is 585. The lowest BCUT2D eigenvalue weighted by atomic mass is 10.2. The molecule has 0 radical (unpaired) electrons. The first-order valence-electron chi connectivity index (χ1n) is 7.88. The van der Waals surface area contributed by atoms with Gasteiger partial charge in [0.1, 0.15) is 24.6 Å². The number of Topliss-reactive ketones (excluding diaryl/α,β-unsaturated/α-hetero) is 1. The van der Waals surface area contributed by atoms with E-state index in [9.17, 15) is 9.59 Å². The van der Waals surface area contributed by atoms with Gasteiger partial charge in [0.25, 0.3) is 0 Å². The van der Waals surface area contributed by atoms with Gasteiger partial charge in [-0.25, -0.2) is 4.98 Å². The van der Waals surface area contributed by atoms with Crippen LogP contribution in [0.5, 0.6) is 0 Å². The number of aldehydes is 1. The zero-order valence-corrected chi connectivity index (χ0v) is 14.1. The molecule has 0 fully saturated rings. The fourth-order valence-corrected chi connectivity index (χ4v) is 1.64. The molecular formula is C17H23N3O4. The predicted octanol–water partition coefficient (Wildman–Crippen LogP) is 2.79. The van der Waals surface area contributed by atoms with Crippen LogP contribution in [0.3, 0.4) is 0 Å². The van der Waals surface area contributed by atoms with Gasteiger partial charge in [-0.3, -0.25) is 9.59 Å². The van der Waals surface area contributed by atoms with E-state index in [1.807, 2.05) is 0 Å². The Balaban J connectivity index is 2.02. The van der Waals surface area contributed by atoms with E-state index in [-0.39, 0.29) is 5.78 Å². The fourth-order valence-electron chi connectivity index (χ4n) is 1.64. The molecule has 0 saturated heterocycles. The molecule has 0 spiro atoms. The lowest BCUT2D eigenvalue weighted by Gasteiger charge is -2.01. The van der Waals surface area contributed by atoms with Crippen molar-refractivity contribution in [3.05, 3.63) is 29.6 Å². The summed E-state index contributed by atoms with van der Waals surface area (Å²) in [5.41, 5.74) is 1.33. The maximum absolute atomic E-state index is 10.9. The smallest absolute Gasteiger partial charge is 0.177 e. The molecule has 0 unspecified atom stereocenters. The van der Waals surface area contributed by atoms with Crippen molar-refractivity contribution >= 4 is 24.0 Å². The molecule has 0 aliphatic heterocycles. The number of ketones is 1. The molecule has 0 N–H and O–H groups in total. The molecule has 24 heavy (non-hydrogen) atoms. The van der Waals surface area contributed by atoms with E-state index in [1.54, 1.807) is 25.1 Å². The molecule has 1 rings (SSSR count). The summed E-state index contributed by atoms with van der Waals surface area (Å²) in [6, 6.07) is 5.11. The highest BCUT2D eigenvalue weighted by Crippen LogP contribution is 2.01. The van der Waals surface area contributed by atoms with Crippen molar-refractivity contribution in [3.8, 4) is 0 Å². The molecule has 1 aromatic rings. The van der Waals surface area contributed by atoms with Crippen LogP contribution < -0.4 is 0 Å². The molecule has 0 aliphatic carbocycles. The number of hydrogen-bond acceptors (Lipinski definition) is 7. The van der Waals surface area contributed by atoms with Gasteiger partial charge in [-0.05, 0) is 44.7 Å². The van der Waals surface area contributed by atoms with E-state index in [0.29, 0.717) is 36.6 Å². The zero-order chi connectivity index (χ0) is 17.6. The van der Waals surface area contributed by atoms with Crippen molar-refractivity contribution in [1.82, 2.24) is 4.98 Å². The highest BCUT2D eigenvalue weighted by atomic mass is 16.6. The molecule has 1 heterocycles. The number of pyridine rings is 1. The molecule has 7 heteroatoms. The number of carbonyl (C=O) groups excluding carboxylic acids is 2. The minimum absolute atomic E-state index is 0.0826. The SMILES string of the molecule is CC(=O)/C(C)=N/OCCCCCCO/N=C/c1cccc(C=O)n1. The molecule has 0 saturated carbocycles. The van der Waals surface area contributed by atoms with Crippen LogP contribution in [0.1, 0.15) is 55.7 Å². The van der Waals surface area contributed by atoms with Crippen LogP contribution in [0.15, 0.2) is 28.5 Å². The lowest BCUT2D eigenvalue weighted by Crippen LogP contribution is -2.05. The minimum atomic E-state index is -0.0826.